The molecule has 2 N–H and O–H groups in total. The summed E-state index contributed by atoms with van der Waals surface area (Å²) in [5.41, 5.74) is -0.504. The van der Waals surface area contributed by atoms with Crippen LogP contribution in [0.4, 0.5) is 0 Å². The second-order valence-corrected chi connectivity index (χ2v) is 5.47. The minimum Gasteiger partial charge on any atom is -0.481 e. The molecule has 4 heteroatoms. The van der Waals surface area contributed by atoms with E-state index in [4.69, 9.17) is 0 Å². The van der Waals surface area contributed by atoms with Gasteiger partial charge in [-0.1, -0.05) is 42.5 Å². The second-order valence-electron chi connectivity index (χ2n) is 5.47. The van der Waals surface area contributed by atoms with Gasteiger partial charge in [-0.25, -0.2) is 0 Å². The van der Waals surface area contributed by atoms with E-state index in [1.165, 1.54) is 0 Å². The smallest absolute Gasteiger partial charge is 0.315 e. The van der Waals surface area contributed by atoms with E-state index >= 15 is 0 Å². The molecule has 22 heavy (non-hydrogen) atoms. The van der Waals surface area contributed by atoms with Crippen molar-refractivity contribution < 1.29 is 14.7 Å². The fourth-order valence-corrected chi connectivity index (χ4v) is 2.23. The molecule has 0 spiro atoms. The van der Waals surface area contributed by atoms with Crippen molar-refractivity contribution in [2.45, 2.75) is 25.2 Å². The summed E-state index contributed by atoms with van der Waals surface area (Å²) in [5, 5.41) is 12.3. The number of carboxylic acid groups (broad SMARTS) is 1. The molecular formula is C18H23NO3. The largest absolute Gasteiger partial charge is 0.481 e. The van der Waals surface area contributed by atoms with Gasteiger partial charge >= 0.3 is 5.97 Å². The number of carboxylic acids is 1. The molecule has 0 bridgehead atoms. The van der Waals surface area contributed by atoms with Crippen LogP contribution in [-0.4, -0.2) is 23.5 Å². The van der Waals surface area contributed by atoms with Gasteiger partial charge in [0, 0.05) is 12.5 Å². The van der Waals surface area contributed by atoms with Crippen molar-refractivity contribution >= 4 is 11.9 Å². The Labute approximate surface area is 131 Å². The van der Waals surface area contributed by atoms with Crippen LogP contribution in [0.2, 0.25) is 0 Å². The normalized spacial score (nSPS) is 13.2. The van der Waals surface area contributed by atoms with Crippen LogP contribution in [0.1, 0.15) is 25.3 Å². The maximum atomic E-state index is 12.2. The number of rotatable bonds is 9. The molecule has 1 atom stereocenters. The fourth-order valence-electron chi connectivity index (χ4n) is 2.23. The highest BCUT2D eigenvalue weighted by Crippen LogP contribution is 2.23. The Morgan fingerprint density at radius 1 is 1.23 bits per heavy atom. The number of benzene rings is 1. The number of aliphatic carboxylic acids is 1. The molecule has 0 radical (unpaired) electrons. The molecule has 1 aromatic rings. The standard InChI is InChI=1S/C18H23NO3/c1-4-9-14(10-5-2)16(20)19-13-18(3,17(21)22)15-11-7-6-8-12-15/h4-8,11-12,14H,1-2,9-10,13H2,3H3,(H,19,20)(H,21,22). The van der Waals surface area contributed by atoms with Gasteiger partial charge in [0.15, 0.2) is 0 Å². The number of carbonyl (C=O) groups is 2. The Morgan fingerprint density at radius 2 is 1.77 bits per heavy atom. The zero-order valence-corrected chi connectivity index (χ0v) is 12.9. The maximum absolute atomic E-state index is 12.2. The molecule has 0 fully saturated rings. The van der Waals surface area contributed by atoms with E-state index in [2.05, 4.69) is 18.5 Å². The van der Waals surface area contributed by atoms with Gasteiger partial charge in [0.2, 0.25) is 5.91 Å². The lowest BCUT2D eigenvalue weighted by Gasteiger charge is -2.26. The minimum absolute atomic E-state index is 0.0377. The molecule has 0 heterocycles. The summed E-state index contributed by atoms with van der Waals surface area (Å²) in [4.78, 5) is 23.9. The zero-order chi connectivity index (χ0) is 16.6. The van der Waals surface area contributed by atoms with Crippen LogP contribution in [0, 0.1) is 5.92 Å². The second kappa shape index (κ2) is 8.17. The van der Waals surface area contributed by atoms with Gasteiger partial charge in [0.1, 0.15) is 5.41 Å². The first-order valence-corrected chi connectivity index (χ1v) is 7.24. The number of hydrogen-bond acceptors (Lipinski definition) is 2. The van der Waals surface area contributed by atoms with Crippen molar-refractivity contribution in [2.75, 3.05) is 6.54 Å². The molecule has 0 aliphatic heterocycles. The molecule has 118 valence electrons. The van der Waals surface area contributed by atoms with Crippen molar-refractivity contribution in [3.05, 3.63) is 61.2 Å². The monoisotopic (exact) mass is 301 g/mol. The SMILES string of the molecule is C=CCC(CC=C)C(=O)NCC(C)(C(=O)O)c1ccccc1. The molecule has 4 nitrogen and oxygen atoms in total. The van der Waals surface area contributed by atoms with Gasteiger partial charge in [-0.2, -0.15) is 0 Å². The highest BCUT2D eigenvalue weighted by molar-refractivity contribution is 5.84. The van der Waals surface area contributed by atoms with E-state index in [1.807, 2.05) is 6.07 Å². The number of hydrogen-bond donors (Lipinski definition) is 2. The Kier molecular flexibility index (Phi) is 6.57. The third kappa shape index (κ3) is 4.32. The van der Waals surface area contributed by atoms with Crippen molar-refractivity contribution in [1.29, 1.82) is 0 Å². The van der Waals surface area contributed by atoms with Crippen molar-refractivity contribution in [2.24, 2.45) is 5.92 Å². The quantitative estimate of drug-likeness (QED) is 0.689. The molecule has 0 aliphatic carbocycles. The summed E-state index contributed by atoms with van der Waals surface area (Å²) in [7, 11) is 0. The first-order valence-electron chi connectivity index (χ1n) is 7.24. The third-order valence-corrected chi connectivity index (χ3v) is 3.77. The van der Waals surface area contributed by atoms with Gasteiger partial charge in [0.25, 0.3) is 0 Å². The summed E-state index contributed by atoms with van der Waals surface area (Å²) in [5.74, 6) is -1.41. The van der Waals surface area contributed by atoms with E-state index < -0.39 is 11.4 Å². The lowest BCUT2D eigenvalue weighted by atomic mass is 9.82. The molecule has 0 aliphatic rings. The Balaban J connectivity index is 2.85. The van der Waals surface area contributed by atoms with Crippen molar-refractivity contribution in [3.8, 4) is 0 Å². The molecule has 1 aromatic carbocycles. The van der Waals surface area contributed by atoms with Crippen LogP contribution in [0.5, 0.6) is 0 Å². The van der Waals surface area contributed by atoms with E-state index in [0.29, 0.717) is 18.4 Å². The number of carbonyl (C=O) groups excluding carboxylic acids is 1. The van der Waals surface area contributed by atoms with E-state index in [1.54, 1.807) is 43.3 Å². The van der Waals surface area contributed by atoms with Crippen LogP contribution >= 0.6 is 0 Å². The lowest BCUT2D eigenvalue weighted by Crippen LogP contribution is -2.45. The number of allylic oxidation sites excluding steroid dienone is 2. The molecule has 0 aromatic heterocycles. The van der Waals surface area contributed by atoms with E-state index in [-0.39, 0.29) is 18.4 Å². The van der Waals surface area contributed by atoms with Crippen molar-refractivity contribution in [3.63, 3.8) is 0 Å². The highest BCUT2D eigenvalue weighted by atomic mass is 16.4. The van der Waals surface area contributed by atoms with Gasteiger partial charge in [0.05, 0.1) is 0 Å². The predicted octanol–water partition coefficient (Wildman–Crippen LogP) is 2.91. The van der Waals surface area contributed by atoms with Gasteiger partial charge in [-0.15, -0.1) is 13.2 Å². The summed E-state index contributed by atoms with van der Waals surface area (Å²) >= 11 is 0. The molecule has 1 unspecified atom stereocenters. The summed E-state index contributed by atoms with van der Waals surface area (Å²) in [6, 6.07) is 8.91. The Morgan fingerprint density at radius 3 is 2.23 bits per heavy atom. The van der Waals surface area contributed by atoms with Crippen LogP contribution in [-0.2, 0) is 15.0 Å². The highest BCUT2D eigenvalue weighted by Gasteiger charge is 2.35. The summed E-state index contributed by atoms with van der Waals surface area (Å²) < 4.78 is 0. The van der Waals surface area contributed by atoms with Crippen molar-refractivity contribution in [1.82, 2.24) is 5.32 Å². The number of nitrogens with one attached hydrogen (secondary N) is 1. The molecular weight excluding hydrogens is 278 g/mol. The van der Waals surface area contributed by atoms with Gasteiger partial charge < -0.3 is 10.4 Å². The van der Waals surface area contributed by atoms with Crippen LogP contribution in [0.3, 0.4) is 0 Å². The van der Waals surface area contributed by atoms with E-state index in [0.717, 1.165) is 0 Å². The average Bonchev–Trinajstić information content (AvgIpc) is 2.52. The summed E-state index contributed by atoms with van der Waals surface area (Å²) in [6.45, 7) is 8.93. The molecule has 0 saturated heterocycles. The first-order chi connectivity index (χ1) is 10.5. The predicted molar refractivity (Wildman–Crippen MR) is 87.6 cm³/mol. The van der Waals surface area contributed by atoms with Gasteiger partial charge in [-0.05, 0) is 25.3 Å². The maximum Gasteiger partial charge on any atom is 0.315 e. The minimum atomic E-state index is -1.16. The lowest BCUT2D eigenvalue weighted by molar-refractivity contribution is -0.143. The zero-order valence-electron chi connectivity index (χ0n) is 12.9. The molecule has 0 saturated carbocycles. The van der Waals surface area contributed by atoms with E-state index in [9.17, 15) is 14.7 Å². The Hall–Kier alpha value is -2.36. The molecule has 1 rings (SSSR count). The third-order valence-electron chi connectivity index (χ3n) is 3.77. The van der Waals surface area contributed by atoms with Crippen LogP contribution < -0.4 is 5.32 Å². The first kappa shape index (κ1) is 17.7. The average molecular weight is 301 g/mol. The van der Waals surface area contributed by atoms with Gasteiger partial charge in [-0.3, -0.25) is 9.59 Å². The number of amides is 1. The topological polar surface area (TPSA) is 66.4 Å². The molecule has 1 amide bonds. The Bertz CT molecular complexity index is 529. The summed E-state index contributed by atoms with van der Waals surface area (Å²) in [6.07, 6.45) is 4.43. The fraction of sp³-hybridized carbons (Fsp3) is 0.333. The van der Waals surface area contributed by atoms with Crippen LogP contribution in [0.15, 0.2) is 55.6 Å². The van der Waals surface area contributed by atoms with Crippen LogP contribution in [0.25, 0.3) is 0 Å².